The normalized spacial score (nSPS) is 17.3. The van der Waals surface area contributed by atoms with Gasteiger partial charge in [0, 0.05) is 7.05 Å². The summed E-state index contributed by atoms with van der Waals surface area (Å²) in [5, 5.41) is 19.0. The van der Waals surface area contributed by atoms with E-state index >= 15 is 0 Å². The van der Waals surface area contributed by atoms with Gasteiger partial charge in [-0.15, -0.1) is 0 Å². The van der Waals surface area contributed by atoms with Gasteiger partial charge in [0.2, 0.25) is 0 Å². The van der Waals surface area contributed by atoms with Gasteiger partial charge in [-0.05, 0) is 53.7 Å². The van der Waals surface area contributed by atoms with Crippen LogP contribution >= 0.6 is 23.4 Å². The van der Waals surface area contributed by atoms with Gasteiger partial charge < -0.3 is 10.2 Å². The highest BCUT2D eigenvalue weighted by Gasteiger charge is 2.30. The van der Waals surface area contributed by atoms with Crippen molar-refractivity contribution in [3.8, 4) is 5.75 Å². The predicted octanol–water partition coefficient (Wildman–Crippen LogP) is 3.98. The number of amidine groups is 1. The molecule has 1 saturated heterocycles. The molecule has 132 valence electrons. The Hall–Kier alpha value is -2.77. The van der Waals surface area contributed by atoms with Crippen LogP contribution in [0.25, 0.3) is 6.08 Å². The Labute approximate surface area is 158 Å². The average molecular weight is 389 g/mol. The van der Waals surface area contributed by atoms with Gasteiger partial charge in [-0.2, -0.15) is 0 Å². The number of phenolic OH excluding ortho intramolecular Hbond substituents is 1. The smallest absolute Gasteiger partial charge is 0.337 e. The number of nitrogens with zero attached hydrogens (tertiary/aromatic N) is 2. The first-order valence-electron chi connectivity index (χ1n) is 7.43. The monoisotopic (exact) mass is 388 g/mol. The Bertz CT molecular complexity index is 954. The number of hydrogen-bond acceptors (Lipinski definition) is 5. The maximum absolute atomic E-state index is 12.4. The molecule has 0 saturated carbocycles. The summed E-state index contributed by atoms with van der Waals surface area (Å²) < 4.78 is 0. The number of amides is 1. The fourth-order valence-electron chi connectivity index (χ4n) is 2.23. The van der Waals surface area contributed by atoms with Gasteiger partial charge in [0.15, 0.2) is 5.17 Å². The van der Waals surface area contributed by atoms with Crippen molar-refractivity contribution in [2.45, 2.75) is 0 Å². The van der Waals surface area contributed by atoms with E-state index in [0.29, 0.717) is 15.8 Å². The highest BCUT2D eigenvalue weighted by molar-refractivity contribution is 8.18. The lowest BCUT2D eigenvalue weighted by Crippen LogP contribution is -2.23. The molecule has 2 aromatic rings. The number of carboxylic acids is 1. The van der Waals surface area contributed by atoms with Crippen molar-refractivity contribution < 1.29 is 19.8 Å². The van der Waals surface area contributed by atoms with E-state index in [1.54, 1.807) is 31.3 Å². The number of halogens is 1. The molecular formula is C18H13ClN2O4S. The van der Waals surface area contributed by atoms with E-state index in [2.05, 4.69) is 4.99 Å². The zero-order chi connectivity index (χ0) is 18.8. The lowest BCUT2D eigenvalue weighted by atomic mass is 10.2. The van der Waals surface area contributed by atoms with Crippen molar-refractivity contribution in [3.63, 3.8) is 0 Å². The Morgan fingerprint density at radius 3 is 2.58 bits per heavy atom. The zero-order valence-corrected chi connectivity index (χ0v) is 15.1. The van der Waals surface area contributed by atoms with Gasteiger partial charge in [0.25, 0.3) is 5.91 Å². The molecule has 0 atom stereocenters. The second-order valence-electron chi connectivity index (χ2n) is 5.43. The van der Waals surface area contributed by atoms with Gasteiger partial charge in [0.05, 0.1) is 21.2 Å². The van der Waals surface area contributed by atoms with E-state index in [9.17, 15) is 14.7 Å². The molecule has 0 unspecified atom stereocenters. The third kappa shape index (κ3) is 3.74. The molecular weight excluding hydrogens is 376 g/mol. The Morgan fingerprint density at radius 2 is 1.92 bits per heavy atom. The van der Waals surface area contributed by atoms with Gasteiger partial charge in [-0.1, -0.05) is 23.7 Å². The van der Waals surface area contributed by atoms with Crippen molar-refractivity contribution >= 4 is 52.2 Å². The van der Waals surface area contributed by atoms with Crippen molar-refractivity contribution in [1.29, 1.82) is 0 Å². The summed E-state index contributed by atoms with van der Waals surface area (Å²) in [6, 6.07) is 10.9. The number of aliphatic imine (C=N–C) groups is 1. The van der Waals surface area contributed by atoms with E-state index in [-0.39, 0.29) is 22.2 Å². The lowest BCUT2D eigenvalue weighted by Gasteiger charge is -2.07. The first-order valence-corrected chi connectivity index (χ1v) is 8.63. The maximum atomic E-state index is 12.4. The summed E-state index contributed by atoms with van der Waals surface area (Å²) >= 11 is 7.04. The number of aromatic hydroxyl groups is 1. The number of carbonyl (C=O) groups is 2. The van der Waals surface area contributed by atoms with Crippen molar-refractivity contribution in [2.24, 2.45) is 4.99 Å². The third-order valence-electron chi connectivity index (χ3n) is 3.60. The Kier molecular flexibility index (Phi) is 5.01. The van der Waals surface area contributed by atoms with E-state index in [1.165, 1.54) is 40.9 Å². The Balaban J connectivity index is 1.91. The van der Waals surface area contributed by atoms with E-state index in [1.807, 2.05) is 0 Å². The molecule has 1 amide bonds. The summed E-state index contributed by atoms with van der Waals surface area (Å²) in [5.41, 5.74) is 1.11. The highest BCUT2D eigenvalue weighted by atomic mass is 35.5. The third-order valence-corrected chi connectivity index (χ3v) is 4.99. The number of aromatic carboxylic acids is 1. The fraction of sp³-hybridized carbons (Fsp3) is 0.0556. The topological polar surface area (TPSA) is 90.2 Å². The van der Waals surface area contributed by atoms with Crippen LogP contribution in [0.3, 0.4) is 0 Å². The summed E-state index contributed by atoms with van der Waals surface area (Å²) in [6.45, 7) is 0. The van der Waals surface area contributed by atoms with Crippen LogP contribution < -0.4 is 0 Å². The van der Waals surface area contributed by atoms with Crippen LogP contribution in [-0.2, 0) is 4.79 Å². The zero-order valence-electron chi connectivity index (χ0n) is 13.5. The fourth-order valence-corrected chi connectivity index (χ4v) is 3.42. The molecule has 1 aliphatic heterocycles. The van der Waals surface area contributed by atoms with Crippen LogP contribution in [0.2, 0.25) is 5.02 Å². The second kappa shape index (κ2) is 7.23. The number of rotatable bonds is 3. The van der Waals surface area contributed by atoms with Crippen LogP contribution in [0.5, 0.6) is 5.75 Å². The van der Waals surface area contributed by atoms with Crippen LogP contribution in [0, 0.1) is 0 Å². The minimum absolute atomic E-state index is 0.0506. The molecule has 1 aliphatic rings. The number of thioether (sulfide) groups is 1. The first-order chi connectivity index (χ1) is 12.3. The molecule has 26 heavy (non-hydrogen) atoms. The molecule has 0 radical (unpaired) electrons. The number of likely N-dealkylation sites (N-methyl/N-ethyl adjacent to an activating group) is 1. The number of carbonyl (C=O) groups excluding carboxylic acids is 1. The molecule has 0 aromatic heterocycles. The van der Waals surface area contributed by atoms with E-state index in [4.69, 9.17) is 16.7 Å². The average Bonchev–Trinajstić information content (AvgIpc) is 2.86. The van der Waals surface area contributed by atoms with Crippen molar-refractivity contribution in [2.75, 3.05) is 7.05 Å². The van der Waals surface area contributed by atoms with Gasteiger partial charge in [-0.25, -0.2) is 9.79 Å². The molecule has 1 fully saturated rings. The second-order valence-corrected chi connectivity index (χ2v) is 6.85. The molecule has 0 spiro atoms. The highest BCUT2D eigenvalue weighted by Crippen LogP contribution is 2.34. The van der Waals surface area contributed by atoms with Crippen LogP contribution in [0.15, 0.2) is 52.4 Å². The number of phenols is 1. The molecule has 3 rings (SSSR count). The standard InChI is InChI=1S/C18H13ClN2O4S/c1-21-16(23)15(8-10-2-5-12(22)6-3-10)26-18(21)20-11-4-7-14(19)13(9-11)17(24)25/h2-9,22H,1H3,(H,24,25)/b15-8+,20-18?. The molecule has 0 aliphatic carbocycles. The van der Waals surface area contributed by atoms with Gasteiger partial charge in [0.1, 0.15) is 5.75 Å². The van der Waals surface area contributed by atoms with Crippen LogP contribution in [0.4, 0.5) is 5.69 Å². The van der Waals surface area contributed by atoms with E-state index < -0.39 is 5.97 Å². The van der Waals surface area contributed by atoms with Crippen LogP contribution in [-0.4, -0.2) is 39.2 Å². The lowest BCUT2D eigenvalue weighted by molar-refractivity contribution is -0.121. The van der Waals surface area contributed by atoms with Gasteiger partial charge >= 0.3 is 5.97 Å². The molecule has 8 heteroatoms. The van der Waals surface area contributed by atoms with Crippen LogP contribution in [0.1, 0.15) is 15.9 Å². The number of carboxylic acid groups (broad SMARTS) is 1. The summed E-state index contributed by atoms with van der Waals surface area (Å²) in [5.74, 6) is -1.21. The maximum Gasteiger partial charge on any atom is 0.337 e. The summed E-state index contributed by atoms with van der Waals surface area (Å²) in [4.78, 5) is 29.8. The number of benzene rings is 2. The Morgan fingerprint density at radius 1 is 1.23 bits per heavy atom. The largest absolute Gasteiger partial charge is 0.508 e. The quantitative estimate of drug-likeness (QED) is 0.776. The predicted molar refractivity (Wildman–Crippen MR) is 102 cm³/mol. The van der Waals surface area contributed by atoms with Gasteiger partial charge in [-0.3, -0.25) is 9.69 Å². The van der Waals surface area contributed by atoms with Crippen molar-refractivity contribution in [1.82, 2.24) is 4.90 Å². The minimum atomic E-state index is -1.14. The molecule has 6 nitrogen and oxygen atoms in total. The summed E-state index contributed by atoms with van der Waals surface area (Å²) in [6.07, 6.45) is 1.70. The minimum Gasteiger partial charge on any atom is -0.508 e. The SMILES string of the molecule is CN1C(=O)/C(=C\c2ccc(O)cc2)SC1=Nc1ccc(Cl)c(C(=O)O)c1. The molecule has 2 aromatic carbocycles. The molecule has 1 heterocycles. The molecule has 0 bridgehead atoms. The number of hydrogen-bond donors (Lipinski definition) is 2. The molecule has 2 N–H and O–H groups in total. The van der Waals surface area contributed by atoms with Crippen molar-refractivity contribution in [3.05, 3.63) is 63.5 Å². The summed E-state index contributed by atoms with van der Waals surface area (Å²) in [7, 11) is 1.60. The van der Waals surface area contributed by atoms with E-state index in [0.717, 1.165) is 5.56 Å². The first kappa shape index (κ1) is 18.0.